The summed E-state index contributed by atoms with van der Waals surface area (Å²) in [5.74, 6) is -1.27. The van der Waals surface area contributed by atoms with Crippen molar-refractivity contribution < 1.29 is 47.7 Å². The number of rotatable bonds is 21. The van der Waals surface area contributed by atoms with Gasteiger partial charge in [-0.3, -0.25) is 38.7 Å². The summed E-state index contributed by atoms with van der Waals surface area (Å²) >= 11 is 0. The van der Waals surface area contributed by atoms with Crippen molar-refractivity contribution >= 4 is 29.8 Å². The minimum absolute atomic E-state index is 0.110. The number of benzene rings is 5. The summed E-state index contributed by atoms with van der Waals surface area (Å²) in [4.78, 5) is 70.4. The highest BCUT2D eigenvalue weighted by molar-refractivity contribution is 5.79. The largest absolute Gasteiger partial charge is 0.426 e. The van der Waals surface area contributed by atoms with Crippen LogP contribution in [0.4, 0.5) is 0 Å². The van der Waals surface area contributed by atoms with Crippen molar-refractivity contribution in [3.05, 3.63) is 152 Å². The van der Waals surface area contributed by atoms with Crippen LogP contribution < -0.4 is 23.7 Å². The first-order valence-electron chi connectivity index (χ1n) is 18.2. The van der Waals surface area contributed by atoms with Crippen LogP contribution in [0.3, 0.4) is 0 Å². The van der Waals surface area contributed by atoms with Crippen LogP contribution in [0.25, 0.3) is 0 Å². The Kier molecular flexibility index (Phi) is 16.5. The standard InChI is InChI=1S/C44H43N3O10/c48-40(53-35-16-6-1-7-17-35)30-45(26-28-46(31-41(49)54-36-18-8-2-9-19-36)32-42(50)55-37-20-10-3-11-21-37)27-29-47(33-43(51)56-38-22-12-4-13-23-38)34-44(52)57-39-24-14-5-15-25-39/h1-25H,26-34H2. The van der Waals surface area contributed by atoms with Gasteiger partial charge in [-0.05, 0) is 60.7 Å². The fourth-order valence-corrected chi connectivity index (χ4v) is 5.44. The van der Waals surface area contributed by atoms with Gasteiger partial charge in [0.2, 0.25) is 0 Å². The van der Waals surface area contributed by atoms with Crippen LogP contribution >= 0.6 is 0 Å². The predicted molar refractivity (Wildman–Crippen MR) is 210 cm³/mol. The lowest BCUT2D eigenvalue weighted by Crippen LogP contribution is -2.47. The Hall–Kier alpha value is -6.67. The van der Waals surface area contributed by atoms with E-state index >= 15 is 0 Å². The van der Waals surface area contributed by atoms with Gasteiger partial charge in [0.1, 0.15) is 28.7 Å². The Morgan fingerprint density at radius 3 is 0.667 bits per heavy atom. The Morgan fingerprint density at radius 2 is 0.456 bits per heavy atom. The number of esters is 5. The molecule has 0 spiro atoms. The van der Waals surface area contributed by atoms with Crippen molar-refractivity contribution in [2.45, 2.75) is 0 Å². The van der Waals surface area contributed by atoms with E-state index in [-0.39, 0.29) is 58.9 Å². The third-order valence-electron chi connectivity index (χ3n) is 8.10. The maximum absolute atomic E-state index is 13.2. The monoisotopic (exact) mass is 773 g/mol. The van der Waals surface area contributed by atoms with Crippen molar-refractivity contribution in [2.75, 3.05) is 58.9 Å². The van der Waals surface area contributed by atoms with E-state index in [2.05, 4.69) is 0 Å². The molecule has 13 heteroatoms. The lowest BCUT2D eigenvalue weighted by atomic mass is 10.3. The molecule has 5 aromatic rings. The molecule has 57 heavy (non-hydrogen) atoms. The van der Waals surface area contributed by atoms with Gasteiger partial charge < -0.3 is 23.7 Å². The van der Waals surface area contributed by atoms with Gasteiger partial charge in [0.05, 0.1) is 32.7 Å². The van der Waals surface area contributed by atoms with E-state index < -0.39 is 29.8 Å². The molecule has 0 aromatic heterocycles. The van der Waals surface area contributed by atoms with E-state index in [1.807, 2.05) is 0 Å². The molecular formula is C44H43N3O10. The maximum atomic E-state index is 13.2. The summed E-state index contributed by atoms with van der Waals surface area (Å²) in [5.41, 5.74) is 0. The molecule has 0 atom stereocenters. The third-order valence-corrected chi connectivity index (χ3v) is 8.10. The smallest absolute Gasteiger partial charge is 0.325 e. The van der Waals surface area contributed by atoms with Gasteiger partial charge in [0.25, 0.3) is 0 Å². The Bertz CT molecular complexity index is 1770. The molecule has 0 aliphatic rings. The molecule has 5 aromatic carbocycles. The molecular weight excluding hydrogens is 730 g/mol. The molecule has 0 radical (unpaired) electrons. The maximum Gasteiger partial charge on any atom is 0.325 e. The molecule has 0 N–H and O–H groups in total. The van der Waals surface area contributed by atoms with Crippen LogP contribution in [0.5, 0.6) is 28.7 Å². The fraction of sp³-hybridized carbons (Fsp3) is 0.205. The van der Waals surface area contributed by atoms with Crippen LogP contribution in [0.2, 0.25) is 0 Å². The van der Waals surface area contributed by atoms with Crippen molar-refractivity contribution in [2.24, 2.45) is 0 Å². The van der Waals surface area contributed by atoms with Crippen LogP contribution in [0.1, 0.15) is 0 Å². The van der Waals surface area contributed by atoms with E-state index in [4.69, 9.17) is 23.7 Å². The van der Waals surface area contributed by atoms with Crippen molar-refractivity contribution in [3.8, 4) is 28.7 Å². The van der Waals surface area contributed by atoms with Gasteiger partial charge in [-0.1, -0.05) is 91.0 Å². The van der Waals surface area contributed by atoms with E-state index in [0.717, 1.165) is 0 Å². The highest BCUT2D eigenvalue weighted by atomic mass is 16.6. The molecule has 0 amide bonds. The van der Waals surface area contributed by atoms with E-state index in [1.54, 1.807) is 166 Å². The second-order valence-electron chi connectivity index (χ2n) is 12.6. The molecule has 0 saturated heterocycles. The van der Waals surface area contributed by atoms with Gasteiger partial charge in [-0.15, -0.1) is 0 Å². The summed E-state index contributed by atoms with van der Waals surface area (Å²) in [6.45, 7) is -0.781. The van der Waals surface area contributed by atoms with Crippen LogP contribution in [-0.2, 0) is 24.0 Å². The second-order valence-corrected chi connectivity index (χ2v) is 12.6. The molecule has 0 unspecified atom stereocenters. The Balaban J connectivity index is 1.30. The number of carbonyl (C=O) groups is 5. The Labute approximate surface area is 330 Å². The average Bonchev–Trinajstić information content (AvgIpc) is 3.20. The molecule has 0 saturated carbocycles. The van der Waals surface area contributed by atoms with E-state index in [1.165, 1.54) is 0 Å². The lowest BCUT2D eigenvalue weighted by Gasteiger charge is -2.28. The van der Waals surface area contributed by atoms with Crippen LogP contribution in [0.15, 0.2) is 152 Å². The minimum atomic E-state index is -0.608. The zero-order valence-electron chi connectivity index (χ0n) is 31.2. The lowest BCUT2D eigenvalue weighted by molar-refractivity contribution is -0.140. The molecule has 0 aliphatic carbocycles. The fourth-order valence-electron chi connectivity index (χ4n) is 5.44. The topological polar surface area (TPSA) is 141 Å². The third kappa shape index (κ3) is 15.9. The van der Waals surface area contributed by atoms with Crippen LogP contribution in [-0.4, -0.2) is 103 Å². The first kappa shape index (κ1) is 41.5. The Morgan fingerprint density at radius 1 is 0.281 bits per heavy atom. The van der Waals surface area contributed by atoms with Gasteiger partial charge in [-0.25, -0.2) is 0 Å². The second kappa shape index (κ2) is 22.6. The highest BCUT2D eigenvalue weighted by Crippen LogP contribution is 2.14. The van der Waals surface area contributed by atoms with Crippen molar-refractivity contribution in [3.63, 3.8) is 0 Å². The summed E-state index contributed by atoms with van der Waals surface area (Å²) in [5, 5.41) is 0. The summed E-state index contributed by atoms with van der Waals surface area (Å²) < 4.78 is 27.6. The quantitative estimate of drug-likeness (QED) is 0.0737. The molecule has 0 fully saturated rings. The molecule has 5 rings (SSSR count). The average molecular weight is 774 g/mol. The number of hydrogen-bond donors (Lipinski definition) is 0. The number of ether oxygens (including phenoxy) is 5. The first-order valence-corrected chi connectivity index (χ1v) is 18.2. The first-order chi connectivity index (χ1) is 27.8. The molecule has 0 bridgehead atoms. The molecule has 0 aliphatic heterocycles. The van der Waals surface area contributed by atoms with Gasteiger partial charge in [0.15, 0.2) is 0 Å². The number of hydrogen-bond acceptors (Lipinski definition) is 13. The zero-order chi connectivity index (χ0) is 40.1. The summed E-state index contributed by atoms with van der Waals surface area (Å²) in [6, 6.07) is 42.7. The minimum Gasteiger partial charge on any atom is -0.426 e. The summed E-state index contributed by atoms with van der Waals surface area (Å²) in [7, 11) is 0. The molecule has 0 heterocycles. The highest BCUT2D eigenvalue weighted by Gasteiger charge is 2.23. The zero-order valence-corrected chi connectivity index (χ0v) is 31.2. The van der Waals surface area contributed by atoms with Gasteiger partial charge >= 0.3 is 29.8 Å². The van der Waals surface area contributed by atoms with Crippen LogP contribution in [0, 0.1) is 0 Å². The molecule has 294 valence electrons. The van der Waals surface area contributed by atoms with Gasteiger partial charge in [0, 0.05) is 26.2 Å². The van der Waals surface area contributed by atoms with Crippen molar-refractivity contribution in [1.29, 1.82) is 0 Å². The number of carbonyl (C=O) groups excluding carboxylic acids is 5. The SMILES string of the molecule is O=C(CN(CCN(CC(=O)Oc1ccccc1)CC(=O)Oc1ccccc1)CCN(CC(=O)Oc1ccccc1)CC(=O)Oc1ccccc1)Oc1ccccc1. The predicted octanol–water partition coefficient (Wildman–Crippen LogP) is 4.92. The number of para-hydroxylation sites is 5. The van der Waals surface area contributed by atoms with Crippen molar-refractivity contribution in [1.82, 2.24) is 14.7 Å². The molecule has 13 nitrogen and oxygen atoms in total. The van der Waals surface area contributed by atoms with Gasteiger partial charge in [-0.2, -0.15) is 0 Å². The van der Waals surface area contributed by atoms with E-state index in [9.17, 15) is 24.0 Å². The summed E-state index contributed by atoms with van der Waals surface area (Å²) in [6.07, 6.45) is 0. The normalized spacial score (nSPS) is 10.9. The van der Waals surface area contributed by atoms with E-state index in [0.29, 0.717) is 28.7 Å². The number of nitrogens with zero attached hydrogens (tertiary/aromatic N) is 3.